The van der Waals surface area contributed by atoms with E-state index in [9.17, 15) is 0 Å². The molecule has 0 heterocycles. The normalized spacial score (nSPS) is 14.3. The molecule has 0 spiro atoms. The zero-order valence-electron chi connectivity index (χ0n) is 5.62. The highest BCUT2D eigenvalue weighted by atomic mass is 32.2. The van der Waals surface area contributed by atoms with Crippen molar-refractivity contribution < 1.29 is 5.11 Å². The molecule has 3 heteroatoms. The Kier molecular flexibility index (Phi) is 5.84. The molecule has 0 amide bonds. The predicted octanol–water partition coefficient (Wildman–Crippen LogP) is 1.58. The standard InChI is InChI=1S/C6H14OS2/c1-5(6(8)9)3-2-4-7/h5-9H,2-4H2,1H3. The lowest BCUT2D eigenvalue weighted by molar-refractivity contribution is 0.276. The first-order valence-electron chi connectivity index (χ1n) is 3.15. The largest absolute Gasteiger partial charge is 0.396 e. The van der Waals surface area contributed by atoms with Gasteiger partial charge in [-0.2, -0.15) is 25.3 Å². The number of aliphatic hydroxyl groups excluding tert-OH is 1. The second-order valence-electron chi connectivity index (χ2n) is 2.26. The van der Waals surface area contributed by atoms with Gasteiger partial charge in [-0.15, -0.1) is 0 Å². The lowest BCUT2D eigenvalue weighted by atomic mass is 10.1. The van der Waals surface area contributed by atoms with E-state index in [0.29, 0.717) is 5.92 Å². The summed E-state index contributed by atoms with van der Waals surface area (Å²) in [6, 6.07) is 0. The van der Waals surface area contributed by atoms with E-state index in [-0.39, 0.29) is 11.2 Å². The molecule has 0 aliphatic heterocycles. The van der Waals surface area contributed by atoms with Gasteiger partial charge in [0.25, 0.3) is 0 Å². The molecule has 9 heavy (non-hydrogen) atoms. The van der Waals surface area contributed by atoms with Gasteiger partial charge in [0.05, 0.1) is 0 Å². The van der Waals surface area contributed by atoms with Crippen LogP contribution in [0.1, 0.15) is 19.8 Å². The SMILES string of the molecule is CC(CCCO)C(S)S. The Morgan fingerprint density at radius 3 is 2.33 bits per heavy atom. The van der Waals surface area contributed by atoms with Crippen LogP contribution in [0.5, 0.6) is 0 Å². The summed E-state index contributed by atoms with van der Waals surface area (Å²) in [6.07, 6.45) is 1.87. The quantitative estimate of drug-likeness (QED) is 0.428. The summed E-state index contributed by atoms with van der Waals surface area (Å²) in [5.41, 5.74) is 0. The van der Waals surface area contributed by atoms with Crippen molar-refractivity contribution in [1.29, 1.82) is 0 Å². The smallest absolute Gasteiger partial charge is 0.0467 e. The zero-order valence-corrected chi connectivity index (χ0v) is 7.41. The van der Waals surface area contributed by atoms with Crippen molar-refractivity contribution >= 4 is 25.3 Å². The van der Waals surface area contributed by atoms with Crippen LogP contribution < -0.4 is 0 Å². The van der Waals surface area contributed by atoms with E-state index in [2.05, 4.69) is 32.2 Å². The van der Waals surface area contributed by atoms with Crippen LogP contribution in [-0.2, 0) is 0 Å². The van der Waals surface area contributed by atoms with Crippen LogP contribution in [0.25, 0.3) is 0 Å². The van der Waals surface area contributed by atoms with Crippen LogP contribution in [0.4, 0.5) is 0 Å². The summed E-state index contributed by atoms with van der Waals surface area (Å²) in [7, 11) is 0. The molecule has 0 radical (unpaired) electrons. The maximum Gasteiger partial charge on any atom is 0.0467 e. The topological polar surface area (TPSA) is 20.2 Å². The van der Waals surface area contributed by atoms with Gasteiger partial charge in [-0.25, -0.2) is 0 Å². The summed E-state index contributed by atoms with van der Waals surface area (Å²) in [4.78, 5) is 0. The van der Waals surface area contributed by atoms with Gasteiger partial charge < -0.3 is 5.11 Å². The minimum atomic E-state index is 0.150. The van der Waals surface area contributed by atoms with Crippen molar-refractivity contribution in [3.63, 3.8) is 0 Å². The number of aliphatic hydroxyl groups is 1. The average molecular weight is 166 g/mol. The van der Waals surface area contributed by atoms with Gasteiger partial charge in [-0.05, 0) is 18.8 Å². The summed E-state index contributed by atoms with van der Waals surface area (Å²) in [6.45, 7) is 2.36. The Morgan fingerprint density at radius 2 is 2.00 bits per heavy atom. The third kappa shape index (κ3) is 5.12. The van der Waals surface area contributed by atoms with E-state index in [4.69, 9.17) is 5.11 Å². The number of hydrogen-bond donors (Lipinski definition) is 3. The molecule has 0 aliphatic rings. The maximum absolute atomic E-state index is 8.45. The monoisotopic (exact) mass is 166 g/mol. The molecular formula is C6H14OS2. The Bertz CT molecular complexity index is 66.1. The van der Waals surface area contributed by atoms with Gasteiger partial charge in [0.1, 0.15) is 0 Å². The van der Waals surface area contributed by atoms with Gasteiger partial charge in [0.2, 0.25) is 0 Å². The lowest BCUT2D eigenvalue weighted by Crippen LogP contribution is -2.04. The number of rotatable bonds is 4. The van der Waals surface area contributed by atoms with E-state index < -0.39 is 0 Å². The van der Waals surface area contributed by atoms with Crippen molar-refractivity contribution in [1.82, 2.24) is 0 Å². The second kappa shape index (κ2) is 5.45. The Hall–Kier alpha value is 0.660. The highest BCUT2D eigenvalue weighted by molar-refractivity contribution is 7.99. The Balaban J connectivity index is 3.16. The minimum Gasteiger partial charge on any atom is -0.396 e. The van der Waals surface area contributed by atoms with Gasteiger partial charge in [-0.3, -0.25) is 0 Å². The summed E-state index contributed by atoms with van der Waals surface area (Å²) in [5.74, 6) is 0.490. The fourth-order valence-corrected chi connectivity index (χ4v) is 0.860. The molecule has 1 nitrogen and oxygen atoms in total. The Labute approximate surface area is 67.7 Å². The molecule has 1 unspecified atom stereocenters. The van der Waals surface area contributed by atoms with Crippen molar-refractivity contribution in [2.24, 2.45) is 5.92 Å². The van der Waals surface area contributed by atoms with E-state index in [1.807, 2.05) is 0 Å². The third-order valence-electron chi connectivity index (χ3n) is 1.33. The lowest BCUT2D eigenvalue weighted by Gasteiger charge is -2.11. The first-order chi connectivity index (χ1) is 4.18. The number of thiol groups is 2. The van der Waals surface area contributed by atoms with Crippen LogP contribution in [0.15, 0.2) is 0 Å². The molecule has 0 aliphatic carbocycles. The molecule has 0 rings (SSSR count). The van der Waals surface area contributed by atoms with Crippen LogP contribution in [0, 0.1) is 5.92 Å². The fraction of sp³-hybridized carbons (Fsp3) is 1.00. The third-order valence-corrected chi connectivity index (χ3v) is 2.34. The minimum absolute atomic E-state index is 0.150. The fourth-order valence-electron chi connectivity index (χ4n) is 0.562. The van der Waals surface area contributed by atoms with Crippen LogP contribution in [-0.4, -0.2) is 16.3 Å². The second-order valence-corrected chi connectivity index (χ2v) is 3.78. The van der Waals surface area contributed by atoms with Gasteiger partial charge in [0, 0.05) is 11.2 Å². The molecule has 0 fully saturated rings. The first kappa shape index (κ1) is 9.66. The molecule has 0 bridgehead atoms. The summed E-state index contributed by atoms with van der Waals surface area (Å²) >= 11 is 8.30. The van der Waals surface area contributed by atoms with Crippen LogP contribution in [0.2, 0.25) is 0 Å². The molecule has 1 atom stereocenters. The van der Waals surface area contributed by atoms with Crippen molar-refractivity contribution in [2.45, 2.75) is 24.3 Å². The van der Waals surface area contributed by atoms with E-state index >= 15 is 0 Å². The average Bonchev–Trinajstić information content (AvgIpc) is 1.82. The molecular weight excluding hydrogens is 152 g/mol. The van der Waals surface area contributed by atoms with E-state index in [1.165, 1.54) is 0 Å². The highest BCUT2D eigenvalue weighted by Gasteiger charge is 2.06. The molecule has 0 saturated heterocycles. The maximum atomic E-state index is 8.45. The van der Waals surface area contributed by atoms with Gasteiger partial charge in [-0.1, -0.05) is 6.92 Å². The van der Waals surface area contributed by atoms with E-state index in [0.717, 1.165) is 12.8 Å². The first-order valence-corrected chi connectivity index (χ1v) is 4.18. The Morgan fingerprint density at radius 1 is 1.44 bits per heavy atom. The van der Waals surface area contributed by atoms with Crippen molar-refractivity contribution in [3.05, 3.63) is 0 Å². The van der Waals surface area contributed by atoms with Crippen LogP contribution >= 0.6 is 25.3 Å². The summed E-state index contributed by atoms with van der Waals surface area (Å²) in [5, 5.41) is 8.45. The van der Waals surface area contributed by atoms with Crippen molar-refractivity contribution in [2.75, 3.05) is 6.61 Å². The van der Waals surface area contributed by atoms with Gasteiger partial charge in [0.15, 0.2) is 0 Å². The zero-order chi connectivity index (χ0) is 7.28. The van der Waals surface area contributed by atoms with Crippen molar-refractivity contribution in [3.8, 4) is 0 Å². The highest BCUT2D eigenvalue weighted by Crippen LogP contribution is 2.17. The molecule has 0 aromatic carbocycles. The van der Waals surface area contributed by atoms with Crippen LogP contribution in [0.3, 0.4) is 0 Å². The molecule has 0 aromatic heterocycles. The molecule has 1 N–H and O–H groups in total. The predicted molar refractivity (Wildman–Crippen MR) is 47.2 cm³/mol. The molecule has 0 saturated carbocycles. The van der Waals surface area contributed by atoms with E-state index in [1.54, 1.807) is 0 Å². The molecule has 0 aromatic rings. The van der Waals surface area contributed by atoms with Gasteiger partial charge >= 0.3 is 0 Å². The molecule has 56 valence electrons. The summed E-state index contributed by atoms with van der Waals surface area (Å²) < 4.78 is 0.150. The number of hydrogen-bond acceptors (Lipinski definition) is 3.